The Bertz CT molecular complexity index is 516. The van der Waals surface area contributed by atoms with E-state index in [4.69, 9.17) is 5.73 Å². The van der Waals surface area contributed by atoms with E-state index in [0.717, 1.165) is 21.3 Å². The van der Waals surface area contributed by atoms with Crippen molar-refractivity contribution in [3.8, 4) is 0 Å². The highest BCUT2D eigenvalue weighted by atomic mass is 79.9. The fourth-order valence-electron chi connectivity index (χ4n) is 1.66. The van der Waals surface area contributed by atoms with Crippen LogP contribution < -0.4 is 5.73 Å². The molecular formula is C12H16BrN3. The highest BCUT2D eigenvalue weighted by molar-refractivity contribution is 9.10. The number of nitrogen functional groups attached to an aromatic ring is 1. The number of imidazole rings is 1. The Balaban J connectivity index is 2.56. The summed E-state index contributed by atoms with van der Waals surface area (Å²) in [6.07, 6.45) is 0. The van der Waals surface area contributed by atoms with E-state index < -0.39 is 0 Å². The van der Waals surface area contributed by atoms with Crippen LogP contribution in [0.15, 0.2) is 16.6 Å². The molecular weight excluding hydrogens is 266 g/mol. The van der Waals surface area contributed by atoms with Crippen LogP contribution in [0.2, 0.25) is 0 Å². The first kappa shape index (κ1) is 11.5. The van der Waals surface area contributed by atoms with Gasteiger partial charge in [-0.1, -0.05) is 36.7 Å². The monoisotopic (exact) mass is 281 g/mol. The zero-order chi connectivity index (χ0) is 11.9. The van der Waals surface area contributed by atoms with Gasteiger partial charge in [0.25, 0.3) is 0 Å². The topological polar surface area (TPSA) is 54.7 Å². The van der Waals surface area contributed by atoms with Gasteiger partial charge < -0.3 is 10.7 Å². The molecule has 0 fully saturated rings. The minimum atomic E-state index is 0.408. The maximum atomic E-state index is 5.93. The number of anilines is 1. The summed E-state index contributed by atoms with van der Waals surface area (Å²) in [6.45, 7) is 6.56. The van der Waals surface area contributed by atoms with Crippen LogP contribution in [-0.4, -0.2) is 9.97 Å². The van der Waals surface area contributed by atoms with Gasteiger partial charge in [0.15, 0.2) is 0 Å². The number of rotatable bonds is 2. The third-order valence-corrected chi connectivity index (χ3v) is 3.49. The molecule has 1 unspecified atom stereocenters. The van der Waals surface area contributed by atoms with Crippen LogP contribution in [0.3, 0.4) is 0 Å². The molecule has 2 aromatic rings. The number of H-pyrrole nitrogens is 1. The maximum absolute atomic E-state index is 5.93. The molecule has 16 heavy (non-hydrogen) atoms. The number of nitrogens with two attached hydrogens (primary N) is 1. The summed E-state index contributed by atoms with van der Waals surface area (Å²) in [6, 6.07) is 3.89. The normalized spacial score (nSPS) is 13.6. The van der Waals surface area contributed by atoms with E-state index in [1.807, 2.05) is 12.1 Å². The Labute approximate surface area is 104 Å². The largest absolute Gasteiger partial charge is 0.397 e. The molecule has 0 aliphatic carbocycles. The van der Waals surface area contributed by atoms with Crippen molar-refractivity contribution in [2.24, 2.45) is 5.92 Å². The number of fused-ring (bicyclic) bond motifs is 1. The summed E-state index contributed by atoms with van der Waals surface area (Å²) in [4.78, 5) is 7.91. The fourth-order valence-corrected chi connectivity index (χ4v) is 2.13. The van der Waals surface area contributed by atoms with Gasteiger partial charge in [0.1, 0.15) is 11.3 Å². The van der Waals surface area contributed by atoms with Crippen molar-refractivity contribution in [3.63, 3.8) is 0 Å². The van der Waals surface area contributed by atoms with Gasteiger partial charge in [-0.15, -0.1) is 0 Å². The van der Waals surface area contributed by atoms with E-state index in [-0.39, 0.29) is 0 Å². The lowest BCUT2D eigenvalue weighted by atomic mass is 9.98. The lowest BCUT2D eigenvalue weighted by molar-refractivity contribution is 0.515. The molecule has 0 saturated carbocycles. The lowest BCUT2D eigenvalue weighted by Gasteiger charge is -2.11. The molecule has 2 rings (SSSR count). The molecule has 1 aromatic carbocycles. The SMILES string of the molecule is CC(C)C(C)c1nc2c(N)cc(Br)cc2[nH]1. The number of benzene rings is 1. The molecule has 1 heterocycles. The first-order valence-corrected chi connectivity index (χ1v) is 6.23. The van der Waals surface area contributed by atoms with Crippen LogP contribution in [0, 0.1) is 5.92 Å². The Kier molecular flexibility index (Phi) is 2.93. The number of aromatic nitrogens is 2. The number of hydrogen-bond donors (Lipinski definition) is 2. The van der Waals surface area contributed by atoms with E-state index >= 15 is 0 Å². The molecule has 3 nitrogen and oxygen atoms in total. The molecule has 3 N–H and O–H groups in total. The van der Waals surface area contributed by atoms with Crippen molar-refractivity contribution in [2.75, 3.05) is 5.73 Å². The van der Waals surface area contributed by atoms with Gasteiger partial charge >= 0.3 is 0 Å². The van der Waals surface area contributed by atoms with Crippen molar-refractivity contribution in [2.45, 2.75) is 26.7 Å². The molecule has 0 spiro atoms. The average Bonchev–Trinajstić information content (AvgIpc) is 2.60. The standard InChI is InChI=1S/C12H16BrN3/c1-6(2)7(3)12-15-10-5-8(13)4-9(14)11(10)16-12/h4-7H,14H2,1-3H3,(H,15,16). The van der Waals surface area contributed by atoms with Gasteiger partial charge in [-0.25, -0.2) is 4.98 Å². The molecule has 1 aromatic heterocycles. The Morgan fingerprint density at radius 2 is 2.00 bits per heavy atom. The smallest absolute Gasteiger partial charge is 0.112 e. The Morgan fingerprint density at radius 3 is 2.62 bits per heavy atom. The summed E-state index contributed by atoms with van der Waals surface area (Å²) in [5, 5.41) is 0. The molecule has 0 radical (unpaired) electrons. The van der Waals surface area contributed by atoms with Gasteiger partial charge in [-0.3, -0.25) is 0 Å². The van der Waals surface area contributed by atoms with Gasteiger partial charge in [0.05, 0.1) is 11.2 Å². The summed E-state index contributed by atoms with van der Waals surface area (Å²) in [5.41, 5.74) is 8.51. The molecule has 0 amide bonds. The number of hydrogen-bond acceptors (Lipinski definition) is 2. The van der Waals surface area contributed by atoms with Crippen molar-refractivity contribution < 1.29 is 0 Å². The first-order chi connectivity index (χ1) is 7.49. The highest BCUT2D eigenvalue weighted by Gasteiger charge is 2.15. The quantitative estimate of drug-likeness (QED) is 0.826. The third-order valence-electron chi connectivity index (χ3n) is 3.03. The van der Waals surface area contributed by atoms with Crippen LogP contribution in [0.4, 0.5) is 5.69 Å². The second-order valence-corrected chi connectivity index (χ2v) is 5.46. The third kappa shape index (κ3) is 1.94. The average molecular weight is 282 g/mol. The second-order valence-electron chi connectivity index (χ2n) is 4.55. The number of nitrogens with zero attached hydrogens (tertiary/aromatic N) is 1. The summed E-state index contributed by atoms with van der Waals surface area (Å²) in [7, 11) is 0. The minimum absolute atomic E-state index is 0.408. The van der Waals surface area contributed by atoms with E-state index in [1.54, 1.807) is 0 Å². The summed E-state index contributed by atoms with van der Waals surface area (Å²) in [5.74, 6) is 1.98. The Morgan fingerprint density at radius 1 is 1.31 bits per heavy atom. The van der Waals surface area contributed by atoms with Crippen LogP contribution in [0.1, 0.15) is 32.5 Å². The van der Waals surface area contributed by atoms with Gasteiger partial charge in [-0.2, -0.15) is 0 Å². The predicted octanol–water partition coefficient (Wildman–Crippen LogP) is 3.67. The molecule has 0 bridgehead atoms. The number of nitrogens with one attached hydrogen (secondary N) is 1. The molecule has 4 heteroatoms. The van der Waals surface area contributed by atoms with Gasteiger partial charge in [0, 0.05) is 10.4 Å². The van der Waals surface area contributed by atoms with Crippen LogP contribution in [0.5, 0.6) is 0 Å². The molecule has 86 valence electrons. The van der Waals surface area contributed by atoms with E-state index in [0.29, 0.717) is 17.5 Å². The molecule has 0 aliphatic heterocycles. The molecule has 0 saturated heterocycles. The maximum Gasteiger partial charge on any atom is 0.112 e. The van der Waals surface area contributed by atoms with E-state index in [2.05, 4.69) is 46.7 Å². The van der Waals surface area contributed by atoms with Crippen molar-refractivity contribution in [3.05, 3.63) is 22.4 Å². The zero-order valence-corrected chi connectivity index (χ0v) is 11.3. The minimum Gasteiger partial charge on any atom is -0.397 e. The fraction of sp³-hybridized carbons (Fsp3) is 0.417. The Hall–Kier alpha value is -1.03. The summed E-state index contributed by atoms with van der Waals surface area (Å²) < 4.78 is 0.977. The second kappa shape index (κ2) is 4.09. The first-order valence-electron chi connectivity index (χ1n) is 5.43. The number of halogens is 1. The van der Waals surface area contributed by atoms with Crippen molar-refractivity contribution >= 4 is 32.7 Å². The van der Waals surface area contributed by atoms with Crippen LogP contribution in [-0.2, 0) is 0 Å². The van der Waals surface area contributed by atoms with Gasteiger partial charge in [-0.05, 0) is 18.1 Å². The van der Waals surface area contributed by atoms with E-state index in [9.17, 15) is 0 Å². The predicted molar refractivity (Wildman–Crippen MR) is 71.5 cm³/mol. The van der Waals surface area contributed by atoms with E-state index in [1.165, 1.54) is 0 Å². The summed E-state index contributed by atoms with van der Waals surface area (Å²) >= 11 is 3.43. The lowest BCUT2D eigenvalue weighted by Crippen LogP contribution is -2.03. The van der Waals surface area contributed by atoms with Crippen molar-refractivity contribution in [1.29, 1.82) is 0 Å². The van der Waals surface area contributed by atoms with Crippen molar-refractivity contribution in [1.82, 2.24) is 9.97 Å². The zero-order valence-electron chi connectivity index (χ0n) is 9.71. The highest BCUT2D eigenvalue weighted by Crippen LogP contribution is 2.28. The van der Waals surface area contributed by atoms with Gasteiger partial charge in [0.2, 0.25) is 0 Å². The van der Waals surface area contributed by atoms with Crippen LogP contribution in [0.25, 0.3) is 11.0 Å². The van der Waals surface area contributed by atoms with Crippen LogP contribution >= 0.6 is 15.9 Å². The molecule has 1 atom stereocenters. The number of aromatic amines is 1. The molecule has 0 aliphatic rings.